The third kappa shape index (κ3) is 3.46. The van der Waals surface area contributed by atoms with Crippen LogP contribution >= 0.6 is 0 Å². The molecule has 0 saturated heterocycles. The number of nitrogens with zero attached hydrogens (tertiary/aromatic N) is 1. The fraction of sp³-hybridized carbons (Fsp3) is 0.214. The number of anilines is 2. The molecule has 0 bridgehead atoms. The van der Waals surface area contributed by atoms with Crippen molar-refractivity contribution in [1.82, 2.24) is 4.98 Å². The summed E-state index contributed by atoms with van der Waals surface area (Å²) in [6.45, 7) is 1.50. The second-order valence-corrected chi connectivity index (χ2v) is 4.01. The highest BCUT2D eigenvalue weighted by Gasteiger charge is 2.15. The molecule has 0 aliphatic carbocycles. The van der Waals surface area contributed by atoms with E-state index in [9.17, 15) is 0 Å². The maximum Gasteiger partial charge on any atom is 0.149 e. The molecule has 3 rings (SSSR count). The zero-order valence-electron chi connectivity index (χ0n) is 10.2. The molecule has 1 aromatic heterocycles. The summed E-state index contributed by atoms with van der Waals surface area (Å²) in [5.41, 5.74) is 6.59. The maximum absolute atomic E-state index is 5.53. The lowest BCUT2D eigenvalue weighted by Crippen LogP contribution is -2.39. The van der Waals surface area contributed by atoms with Gasteiger partial charge in [-0.05, 0) is 12.1 Å². The topological polar surface area (TPSA) is 63.0 Å². The number of nitrogens with two attached hydrogens (primary N) is 1. The Kier molecular flexibility index (Phi) is 4.55. The van der Waals surface area contributed by atoms with Crippen LogP contribution in [0.25, 0.3) is 0 Å². The number of nitrogens with one attached hydrogen (secondary N) is 2. The second kappa shape index (κ2) is 6.61. The fourth-order valence-electron chi connectivity index (χ4n) is 1.67. The Labute approximate surface area is 107 Å². The van der Waals surface area contributed by atoms with Gasteiger partial charge in [0.25, 0.3) is 0 Å². The molecular weight excluding hydrogens is 224 g/mol. The van der Waals surface area contributed by atoms with Crippen LogP contribution in [0, 0.1) is 0 Å². The van der Waals surface area contributed by atoms with Gasteiger partial charge in [-0.25, -0.2) is 4.98 Å². The van der Waals surface area contributed by atoms with Crippen LogP contribution in [-0.2, 0) is 0 Å². The Hall–Kier alpha value is -2.07. The SMILES string of the molecule is NCC1CNc2cccnc2N1.c1ccccc1. The van der Waals surface area contributed by atoms with Crippen LogP contribution < -0.4 is 16.4 Å². The standard InChI is InChI=1S/C8H12N4.C6H6/c9-4-6-5-11-7-2-1-3-10-8(7)12-6;1-2-4-6-5-3-1/h1-3,6,11H,4-5,9H2,(H,10,12);1-6H. The van der Waals surface area contributed by atoms with E-state index < -0.39 is 0 Å². The van der Waals surface area contributed by atoms with Crippen LogP contribution in [0.15, 0.2) is 54.7 Å². The van der Waals surface area contributed by atoms with Crippen molar-refractivity contribution >= 4 is 11.5 Å². The highest BCUT2D eigenvalue weighted by atomic mass is 15.1. The largest absolute Gasteiger partial charge is 0.380 e. The molecule has 1 unspecified atom stereocenters. The molecule has 4 heteroatoms. The minimum Gasteiger partial charge on any atom is -0.380 e. The van der Waals surface area contributed by atoms with Gasteiger partial charge in [0.05, 0.1) is 11.7 Å². The molecule has 2 aromatic rings. The number of hydrogen-bond acceptors (Lipinski definition) is 4. The lowest BCUT2D eigenvalue weighted by Gasteiger charge is -2.25. The Morgan fingerprint density at radius 2 is 1.78 bits per heavy atom. The summed E-state index contributed by atoms with van der Waals surface area (Å²) in [6, 6.07) is 16.2. The first kappa shape index (κ1) is 12.4. The smallest absolute Gasteiger partial charge is 0.149 e. The second-order valence-electron chi connectivity index (χ2n) is 4.01. The normalized spacial score (nSPS) is 16.4. The first-order valence-corrected chi connectivity index (χ1v) is 6.05. The van der Waals surface area contributed by atoms with Gasteiger partial charge in [-0.15, -0.1) is 0 Å². The molecule has 0 radical (unpaired) electrons. The van der Waals surface area contributed by atoms with Gasteiger partial charge in [-0.2, -0.15) is 0 Å². The summed E-state index contributed by atoms with van der Waals surface area (Å²) in [7, 11) is 0. The fourth-order valence-corrected chi connectivity index (χ4v) is 1.67. The average molecular weight is 242 g/mol. The number of hydrogen-bond donors (Lipinski definition) is 3. The van der Waals surface area contributed by atoms with E-state index in [4.69, 9.17) is 5.73 Å². The Bertz CT molecular complexity index is 432. The highest BCUT2D eigenvalue weighted by molar-refractivity contribution is 5.66. The first-order chi connectivity index (χ1) is 8.90. The minimum atomic E-state index is 0.299. The molecule has 1 aromatic carbocycles. The third-order valence-corrected chi connectivity index (χ3v) is 2.64. The predicted octanol–water partition coefficient (Wildman–Crippen LogP) is 1.93. The Balaban J connectivity index is 0.000000169. The molecule has 0 amide bonds. The van der Waals surface area contributed by atoms with Crippen LogP contribution in [0.4, 0.5) is 11.5 Å². The number of rotatable bonds is 1. The average Bonchev–Trinajstić information content (AvgIpc) is 2.49. The molecule has 0 fully saturated rings. The quantitative estimate of drug-likeness (QED) is 0.715. The lowest BCUT2D eigenvalue weighted by atomic mass is 10.2. The van der Waals surface area contributed by atoms with E-state index in [2.05, 4.69) is 15.6 Å². The zero-order chi connectivity index (χ0) is 12.6. The maximum atomic E-state index is 5.53. The van der Waals surface area contributed by atoms with Crippen molar-refractivity contribution in [2.24, 2.45) is 5.73 Å². The van der Waals surface area contributed by atoms with E-state index >= 15 is 0 Å². The molecule has 1 aliphatic heterocycles. The first-order valence-electron chi connectivity index (χ1n) is 6.05. The zero-order valence-corrected chi connectivity index (χ0v) is 10.2. The molecule has 0 saturated carbocycles. The van der Waals surface area contributed by atoms with Crippen LogP contribution in [0.3, 0.4) is 0 Å². The van der Waals surface area contributed by atoms with Crippen molar-refractivity contribution in [3.8, 4) is 0 Å². The Morgan fingerprint density at radius 3 is 2.39 bits per heavy atom. The monoisotopic (exact) mass is 242 g/mol. The summed E-state index contributed by atoms with van der Waals surface area (Å²) in [6.07, 6.45) is 1.77. The molecule has 4 nitrogen and oxygen atoms in total. The van der Waals surface area contributed by atoms with Crippen LogP contribution in [-0.4, -0.2) is 24.1 Å². The number of pyridine rings is 1. The van der Waals surface area contributed by atoms with E-state index in [1.807, 2.05) is 48.5 Å². The highest BCUT2D eigenvalue weighted by Crippen LogP contribution is 2.21. The number of fused-ring (bicyclic) bond motifs is 1. The van der Waals surface area contributed by atoms with Crippen molar-refractivity contribution in [2.75, 3.05) is 23.7 Å². The van der Waals surface area contributed by atoms with E-state index in [1.165, 1.54) is 0 Å². The molecule has 94 valence electrons. The summed E-state index contributed by atoms with van der Waals surface area (Å²) in [5, 5.41) is 6.51. The van der Waals surface area contributed by atoms with Gasteiger partial charge in [-0.3, -0.25) is 0 Å². The molecule has 2 heterocycles. The van der Waals surface area contributed by atoms with Crippen LogP contribution in [0.5, 0.6) is 0 Å². The predicted molar refractivity (Wildman–Crippen MR) is 75.6 cm³/mol. The molecule has 0 spiro atoms. The van der Waals surface area contributed by atoms with Gasteiger partial charge >= 0.3 is 0 Å². The molecule has 4 N–H and O–H groups in total. The summed E-state index contributed by atoms with van der Waals surface area (Å²) in [5.74, 6) is 0.902. The number of benzene rings is 1. The van der Waals surface area contributed by atoms with Gasteiger partial charge in [0.2, 0.25) is 0 Å². The summed E-state index contributed by atoms with van der Waals surface area (Å²) >= 11 is 0. The van der Waals surface area contributed by atoms with E-state index in [1.54, 1.807) is 6.20 Å². The van der Waals surface area contributed by atoms with Gasteiger partial charge in [0, 0.05) is 19.3 Å². The minimum absolute atomic E-state index is 0.299. The van der Waals surface area contributed by atoms with Gasteiger partial charge in [0.15, 0.2) is 0 Å². The van der Waals surface area contributed by atoms with E-state index in [0.717, 1.165) is 18.1 Å². The van der Waals surface area contributed by atoms with Crippen molar-refractivity contribution in [1.29, 1.82) is 0 Å². The van der Waals surface area contributed by atoms with E-state index in [0.29, 0.717) is 12.6 Å². The molecule has 1 aliphatic rings. The van der Waals surface area contributed by atoms with Crippen molar-refractivity contribution in [2.45, 2.75) is 6.04 Å². The third-order valence-electron chi connectivity index (χ3n) is 2.64. The van der Waals surface area contributed by atoms with Gasteiger partial charge < -0.3 is 16.4 Å². The van der Waals surface area contributed by atoms with Gasteiger partial charge in [-0.1, -0.05) is 36.4 Å². The van der Waals surface area contributed by atoms with Crippen molar-refractivity contribution in [3.05, 3.63) is 54.7 Å². The molecular formula is C14H18N4. The van der Waals surface area contributed by atoms with Crippen LogP contribution in [0.2, 0.25) is 0 Å². The Morgan fingerprint density at radius 1 is 1.11 bits per heavy atom. The van der Waals surface area contributed by atoms with Gasteiger partial charge in [0.1, 0.15) is 5.82 Å². The van der Waals surface area contributed by atoms with Crippen molar-refractivity contribution in [3.63, 3.8) is 0 Å². The molecule has 18 heavy (non-hydrogen) atoms. The molecule has 1 atom stereocenters. The van der Waals surface area contributed by atoms with E-state index in [-0.39, 0.29) is 0 Å². The lowest BCUT2D eigenvalue weighted by molar-refractivity contribution is 0.741. The van der Waals surface area contributed by atoms with Crippen LogP contribution in [0.1, 0.15) is 0 Å². The van der Waals surface area contributed by atoms with Crippen molar-refractivity contribution < 1.29 is 0 Å². The summed E-state index contributed by atoms with van der Waals surface area (Å²) < 4.78 is 0. The number of aromatic nitrogens is 1. The summed E-state index contributed by atoms with van der Waals surface area (Å²) in [4.78, 5) is 4.19.